The van der Waals surface area contributed by atoms with Crippen LogP contribution in [0.2, 0.25) is 0 Å². The van der Waals surface area contributed by atoms with Crippen molar-refractivity contribution in [2.45, 2.75) is 13.3 Å². The minimum absolute atomic E-state index is 0.115. The van der Waals surface area contributed by atoms with E-state index in [0.717, 1.165) is 16.9 Å². The number of hydrogen-bond donors (Lipinski definition) is 2. The molecular formula is C19H24N4O. The lowest BCUT2D eigenvalue weighted by atomic mass is 10.2. The molecule has 24 heavy (non-hydrogen) atoms. The summed E-state index contributed by atoms with van der Waals surface area (Å²) in [6.07, 6.45) is 2.01. The summed E-state index contributed by atoms with van der Waals surface area (Å²) >= 11 is 0. The van der Waals surface area contributed by atoms with Gasteiger partial charge in [0.1, 0.15) is 0 Å². The highest BCUT2D eigenvalue weighted by molar-refractivity contribution is 5.83. The third kappa shape index (κ3) is 5.76. The summed E-state index contributed by atoms with van der Waals surface area (Å²) < 4.78 is 0. The molecule has 0 aromatic heterocycles. The van der Waals surface area contributed by atoms with Gasteiger partial charge in [0.15, 0.2) is 0 Å². The van der Waals surface area contributed by atoms with Gasteiger partial charge in [-0.05, 0) is 36.8 Å². The van der Waals surface area contributed by atoms with Crippen LogP contribution in [0.4, 0.5) is 11.4 Å². The molecule has 0 spiro atoms. The Morgan fingerprint density at radius 1 is 1.08 bits per heavy atom. The monoisotopic (exact) mass is 324 g/mol. The fourth-order valence-corrected chi connectivity index (χ4v) is 2.09. The predicted molar refractivity (Wildman–Crippen MR) is 101 cm³/mol. The predicted octanol–water partition coefficient (Wildman–Crippen LogP) is 3.01. The number of carbonyl (C=O) groups is 1. The van der Waals surface area contributed by atoms with Gasteiger partial charge in [-0.2, -0.15) is 5.10 Å². The topological polar surface area (TPSA) is 56.7 Å². The Balaban J connectivity index is 1.71. The van der Waals surface area contributed by atoms with E-state index < -0.39 is 0 Å². The summed E-state index contributed by atoms with van der Waals surface area (Å²) in [5.41, 5.74) is 6.84. The molecule has 2 aromatic rings. The summed E-state index contributed by atoms with van der Waals surface area (Å²) in [6.45, 7) is 2.62. The van der Waals surface area contributed by atoms with Gasteiger partial charge >= 0.3 is 0 Å². The number of benzene rings is 2. The number of hydrazone groups is 1. The maximum Gasteiger partial charge on any atom is 0.241 e. The SMILES string of the molecule is Cc1ccc(NCCC(=O)N/N=C/c2ccc(N(C)C)cc2)cc1. The van der Waals surface area contributed by atoms with Gasteiger partial charge in [-0.15, -0.1) is 0 Å². The third-order valence-corrected chi connectivity index (χ3v) is 3.55. The zero-order valence-electron chi connectivity index (χ0n) is 14.4. The second-order valence-corrected chi connectivity index (χ2v) is 5.82. The largest absolute Gasteiger partial charge is 0.385 e. The average Bonchev–Trinajstić information content (AvgIpc) is 2.57. The van der Waals surface area contributed by atoms with E-state index in [4.69, 9.17) is 0 Å². The Morgan fingerprint density at radius 2 is 1.75 bits per heavy atom. The average molecular weight is 324 g/mol. The van der Waals surface area contributed by atoms with Gasteiger partial charge in [0.05, 0.1) is 6.21 Å². The van der Waals surface area contributed by atoms with Gasteiger partial charge in [0.2, 0.25) is 5.91 Å². The van der Waals surface area contributed by atoms with Crippen LogP contribution in [-0.2, 0) is 4.79 Å². The fraction of sp³-hybridized carbons (Fsp3) is 0.263. The normalized spacial score (nSPS) is 10.6. The first-order valence-corrected chi connectivity index (χ1v) is 7.94. The van der Waals surface area contributed by atoms with E-state index in [1.807, 2.05) is 74.4 Å². The Kier molecular flexibility index (Phi) is 6.37. The van der Waals surface area contributed by atoms with Gasteiger partial charge in [-0.1, -0.05) is 29.8 Å². The number of hydrogen-bond acceptors (Lipinski definition) is 4. The number of aryl methyl sites for hydroxylation is 1. The second-order valence-electron chi connectivity index (χ2n) is 5.82. The summed E-state index contributed by atoms with van der Waals surface area (Å²) in [6, 6.07) is 16.0. The lowest BCUT2D eigenvalue weighted by Gasteiger charge is -2.11. The van der Waals surface area contributed by atoms with Crippen molar-refractivity contribution >= 4 is 23.5 Å². The molecule has 0 bridgehead atoms. The molecule has 0 fully saturated rings. The minimum Gasteiger partial charge on any atom is -0.385 e. The van der Waals surface area contributed by atoms with E-state index in [-0.39, 0.29) is 5.91 Å². The summed E-state index contributed by atoms with van der Waals surface area (Å²) in [7, 11) is 3.99. The number of carbonyl (C=O) groups excluding carboxylic acids is 1. The molecule has 0 saturated heterocycles. The zero-order valence-corrected chi connectivity index (χ0v) is 14.4. The lowest BCUT2D eigenvalue weighted by Crippen LogP contribution is -2.20. The van der Waals surface area contributed by atoms with Gasteiger partial charge in [0.25, 0.3) is 0 Å². The van der Waals surface area contributed by atoms with Gasteiger partial charge in [0, 0.05) is 38.4 Å². The molecule has 0 aliphatic rings. The molecule has 5 nitrogen and oxygen atoms in total. The molecule has 2 N–H and O–H groups in total. The molecule has 126 valence electrons. The highest BCUT2D eigenvalue weighted by atomic mass is 16.2. The number of rotatable bonds is 7. The third-order valence-electron chi connectivity index (χ3n) is 3.55. The van der Waals surface area contributed by atoms with E-state index in [0.29, 0.717) is 13.0 Å². The zero-order chi connectivity index (χ0) is 17.4. The van der Waals surface area contributed by atoms with Crippen molar-refractivity contribution in [2.75, 3.05) is 30.9 Å². The molecule has 2 rings (SSSR count). The van der Waals surface area contributed by atoms with Crippen LogP contribution in [0.3, 0.4) is 0 Å². The summed E-state index contributed by atoms with van der Waals surface area (Å²) in [5, 5.41) is 7.20. The van der Waals surface area contributed by atoms with Crippen molar-refractivity contribution < 1.29 is 4.79 Å². The van der Waals surface area contributed by atoms with Crippen molar-refractivity contribution in [3.05, 3.63) is 59.7 Å². The molecule has 0 unspecified atom stereocenters. The minimum atomic E-state index is -0.115. The fourth-order valence-electron chi connectivity index (χ4n) is 2.09. The molecule has 1 amide bonds. The molecule has 0 aliphatic heterocycles. The number of nitrogens with zero attached hydrogens (tertiary/aromatic N) is 2. The van der Waals surface area contributed by atoms with Crippen LogP contribution in [0.25, 0.3) is 0 Å². The number of nitrogens with one attached hydrogen (secondary N) is 2. The molecule has 0 heterocycles. The first kappa shape index (κ1) is 17.5. The smallest absolute Gasteiger partial charge is 0.241 e. The van der Waals surface area contributed by atoms with E-state index >= 15 is 0 Å². The number of amides is 1. The molecule has 2 aromatic carbocycles. The Labute approximate surface area is 143 Å². The second kappa shape index (κ2) is 8.72. The number of anilines is 2. The van der Waals surface area contributed by atoms with Gasteiger partial charge in [-0.3, -0.25) is 4.79 Å². The first-order chi connectivity index (χ1) is 11.5. The quantitative estimate of drug-likeness (QED) is 0.608. The Morgan fingerprint density at radius 3 is 2.38 bits per heavy atom. The van der Waals surface area contributed by atoms with Crippen molar-refractivity contribution in [1.29, 1.82) is 0 Å². The van der Waals surface area contributed by atoms with Crippen LogP contribution in [0, 0.1) is 6.92 Å². The van der Waals surface area contributed by atoms with E-state index in [1.165, 1.54) is 5.56 Å². The lowest BCUT2D eigenvalue weighted by molar-refractivity contribution is -0.120. The first-order valence-electron chi connectivity index (χ1n) is 7.94. The highest BCUT2D eigenvalue weighted by Gasteiger charge is 1.99. The molecule has 5 heteroatoms. The van der Waals surface area contributed by atoms with Crippen molar-refractivity contribution in [3.8, 4) is 0 Å². The van der Waals surface area contributed by atoms with Gasteiger partial charge < -0.3 is 10.2 Å². The van der Waals surface area contributed by atoms with Crippen molar-refractivity contribution in [1.82, 2.24) is 5.43 Å². The summed E-state index contributed by atoms with van der Waals surface area (Å²) in [5.74, 6) is -0.115. The van der Waals surface area contributed by atoms with Crippen molar-refractivity contribution in [2.24, 2.45) is 5.10 Å². The van der Waals surface area contributed by atoms with Crippen LogP contribution in [0.15, 0.2) is 53.6 Å². The van der Waals surface area contributed by atoms with E-state index in [2.05, 4.69) is 15.8 Å². The van der Waals surface area contributed by atoms with Crippen LogP contribution < -0.4 is 15.6 Å². The highest BCUT2D eigenvalue weighted by Crippen LogP contribution is 2.11. The van der Waals surface area contributed by atoms with Crippen LogP contribution in [0.5, 0.6) is 0 Å². The van der Waals surface area contributed by atoms with Gasteiger partial charge in [-0.25, -0.2) is 5.43 Å². The summed E-state index contributed by atoms with van der Waals surface area (Å²) in [4.78, 5) is 13.8. The Bertz CT molecular complexity index is 676. The molecule has 0 atom stereocenters. The molecule has 0 radical (unpaired) electrons. The van der Waals surface area contributed by atoms with Crippen LogP contribution >= 0.6 is 0 Å². The molecule has 0 aliphatic carbocycles. The maximum atomic E-state index is 11.7. The molecule has 0 saturated carbocycles. The van der Waals surface area contributed by atoms with E-state index in [1.54, 1.807) is 6.21 Å². The molecular weight excluding hydrogens is 300 g/mol. The van der Waals surface area contributed by atoms with Crippen LogP contribution in [0.1, 0.15) is 17.5 Å². The maximum absolute atomic E-state index is 11.7. The van der Waals surface area contributed by atoms with E-state index in [9.17, 15) is 4.79 Å². The van der Waals surface area contributed by atoms with Crippen molar-refractivity contribution in [3.63, 3.8) is 0 Å². The standard InChI is InChI=1S/C19H24N4O/c1-15-4-8-17(9-5-15)20-13-12-19(24)22-21-14-16-6-10-18(11-7-16)23(2)3/h4-11,14,20H,12-13H2,1-3H3,(H,22,24)/b21-14+. The van der Waals surface area contributed by atoms with Crippen LogP contribution in [-0.4, -0.2) is 32.8 Å². The Hall–Kier alpha value is -2.82.